The van der Waals surface area contributed by atoms with Gasteiger partial charge < -0.3 is 10.1 Å². The highest BCUT2D eigenvalue weighted by Crippen LogP contribution is 2.27. The number of hydrogen-bond donors (Lipinski definition) is 2. The second-order valence-electron chi connectivity index (χ2n) is 8.37. The number of amides is 1. The zero-order chi connectivity index (χ0) is 24.7. The Bertz CT molecular complexity index is 1120. The van der Waals surface area contributed by atoms with Crippen LogP contribution in [0.5, 0.6) is 5.75 Å². The number of benzene rings is 2. The zero-order valence-electron chi connectivity index (χ0n) is 19.3. The van der Waals surface area contributed by atoms with Gasteiger partial charge in [-0.1, -0.05) is 20.3 Å². The Labute approximate surface area is 215 Å². The SMILES string of the molecule is CCCCOc1ccc(C(=O)NC(=S)Nc2ccc(S(=O)(=O)N3CCC(C)CC3)cc2)cc1Br. The van der Waals surface area contributed by atoms with Crippen molar-refractivity contribution >= 4 is 54.9 Å². The number of thiocarbonyl (C=S) groups is 1. The van der Waals surface area contributed by atoms with Crippen molar-refractivity contribution in [2.75, 3.05) is 25.0 Å². The maximum Gasteiger partial charge on any atom is 0.257 e. The number of nitrogens with zero attached hydrogens (tertiary/aromatic N) is 1. The third kappa shape index (κ3) is 7.00. The van der Waals surface area contributed by atoms with Crippen molar-refractivity contribution in [2.24, 2.45) is 5.92 Å². The molecule has 2 aromatic carbocycles. The van der Waals surface area contributed by atoms with E-state index in [4.69, 9.17) is 17.0 Å². The smallest absolute Gasteiger partial charge is 0.257 e. The largest absolute Gasteiger partial charge is 0.492 e. The normalized spacial score (nSPS) is 15.0. The standard InChI is InChI=1S/C24H30BrN3O4S2/c1-3-4-15-32-22-10-5-18(16-21(22)25)23(29)27-24(33)26-19-6-8-20(9-7-19)34(30,31)28-13-11-17(2)12-14-28/h5-10,16-17H,3-4,11-15H2,1-2H3,(H2,26,27,29,33). The summed E-state index contributed by atoms with van der Waals surface area (Å²) in [5.41, 5.74) is 1.01. The first-order chi connectivity index (χ1) is 16.2. The predicted octanol–water partition coefficient (Wildman–Crippen LogP) is 5.18. The Morgan fingerprint density at radius 2 is 1.85 bits per heavy atom. The number of sulfonamides is 1. The molecular formula is C24H30BrN3O4S2. The molecule has 1 saturated heterocycles. The summed E-state index contributed by atoms with van der Waals surface area (Å²) in [5.74, 6) is 0.865. The maximum atomic E-state index is 12.9. The molecule has 0 aromatic heterocycles. The summed E-state index contributed by atoms with van der Waals surface area (Å²) >= 11 is 8.69. The molecule has 0 saturated carbocycles. The van der Waals surface area contributed by atoms with E-state index in [1.807, 2.05) is 0 Å². The molecule has 1 heterocycles. The molecule has 0 unspecified atom stereocenters. The van der Waals surface area contributed by atoms with Crippen molar-refractivity contribution < 1.29 is 17.9 Å². The summed E-state index contributed by atoms with van der Waals surface area (Å²) in [7, 11) is -3.51. The molecule has 7 nitrogen and oxygen atoms in total. The average Bonchev–Trinajstić information content (AvgIpc) is 2.80. The molecular weight excluding hydrogens is 538 g/mol. The lowest BCUT2D eigenvalue weighted by molar-refractivity contribution is 0.0977. The van der Waals surface area contributed by atoms with Crippen LogP contribution in [-0.2, 0) is 10.0 Å². The van der Waals surface area contributed by atoms with Crippen LogP contribution in [0.25, 0.3) is 0 Å². The first-order valence-electron chi connectivity index (χ1n) is 11.4. The molecule has 0 bridgehead atoms. The number of halogens is 1. The van der Waals surface area contributed by atoms with Gasteiger partial charge in [0.15, 0.2) is 5.11 Å². The molecule has 1 amide bonds. The lowest BCUT2D eigenvalue weighted by Gasteiger charge is -2.29. The Morgan fingerprint density at radius 1 is 1.18 bits per heavy atom. The fourth-order valence-electron chi connectivity index (χ4n) is 3.51. The lowest BCUT2D eigenvalue weighted by atomic mass is 10.0. The third-order valence-electron chi connectivity index (χ3n) is 5.67. The summed E-state index contributed by atoms with van der Waals surface area (Å²) < 4.78 is 33.6. The molecule has 0 atom stereocenters. The van der Waals surface area contributed by atoms with Crippen LogP contribution >= 0.6 is 28.1 Å². The summed E-state index contributed by atoms with van der Waals surface area (Å²) in [4.78, 5) is 12.8. The van der Waals surface area contributed by atoms with Gasteiger partial charge in [-0.2, -0.15) is 4.31 Å². The molecule has 34 heavy (non-hydrogen) atoms. The number of hydrogen-bond acceptors (Lipinski definition) is 5. The summed E-state index contributed by atoms with van der Waals surface area (Å²) in [6, 6.07) is 11.5. The zero-order valence-corrected chi connectivity index (χ0v) is 22.6. The Morgan fingerprint density at radius 3 is 2.47 bits per heavy atom. The predicted molar refractivity (Wildman–Crippen MR) is 142 cm³/mol. The third-order valence-corrected chi connectivity index (χ3v) is 8.41. The van der Waals surface area contributed by atoms with Crippen molar-refractivity contribution in [1.29, 1.82) is 0 Å². The van der Waals surface area contributed by atoms with Crippen LogP contribution in [0.3, 0.4) is 0 Å². The number of unbranched alkanes of at least 4 members (excludes halogenated alkanes) is 1. The van der Waals surface area contributed by atoms with Gasteiger partial charge in [-0.3, -0.25) is 10.1 Å². The summed E-state index contributed by atoms with van der Waals surface area (Å²) in [5, 5.41) is 5.67. The molecule has 1 fully saturated rings. The van der Waals surface area contributed by atoms with E-state index in [1.165, 1.54) is 0 Å². The molecule has 2 aromatic rings. The van der Waals surface area contributed by atoms with Crippen molar-refractivity contribution in [2.45, 2.75) is 44.4 Å². The molecule has 1 aliphatic rings. The van der Waals surface area contributed by atoms with Gasteiger partial charge in [0.05, 0.1) is 16.0 Å². The van der Waals surface area contributed by atoms with Crippen molar-refractivity contribution in [1.82, 2.24) is 9.62 Å². The molecule has 0 radical (unpaired) electrons. The second-order valence-corrected chi connectivity index (χ2v) is 11.6. The van der Waals surface area contributed by atoms with Gasteiger partial charge in [0, 0.05) is 24.3 Å². The molecule has 1 aliphatic heterocycles. The number of carbonyl (C=O) groups is 1. The van der Waals surface area contributed by atoms with Gasteiger partial charge in [-0.15, -0.1) is 0 Å². The lowest BCUT2D eigenvalue weighted by Crippen LogP contribution is -2.37. The van der Waals surface area contributed by atoms with Gasteiger partial charge in [0.2, 0.25) is 10.0 Å². The van der Waals surface area contributed by atoms with E-state index >= 15 is 0 Å². The number of rotatable bonds is 8. The molecule has 3 rings (SSSR count). The first kappa shape index (κ1) is 26.6. The number of carbonyl (C=O) groups excluding carboxylic acids is 1. The first-order valence-corrected chi connectivity index (χ1v) is 14.0. The molecule has 0 spiro atoms. The number of nitrogens with one attached hydrogen (secondary N) is 2. The van der Waals surface area contributed by atoms with E-state index in [9.17, 15) is 13.2 Å². The van der Waals surface area contributed by atoms with E-state index in [2.05, 4.69) is 40.4 Å². The van der Waals surface area contributed by atoms with E-state index in [0.717, 1.165) is 25.7 Å². The number of anilines is 1. The van der Waals surface area contributed by atoms with Crippen molar-refractivity contribution in [3.05, 3.63) is 52.5 Å². The highest BCUT2D eigenvalue weighted by molar-refractivity contribution is 9.10. The Hall–Kier alpha value is -2.01. The Kier molecular flexibility index (Phi) is 9.47. The van der Waals surface area contributed by atoms with Crippen LogP contribution in [0, 0.1) is 5.92 Å². The highest BCUT2D eigenvalue weighted by atomic mass is 79.9. The van der Waals surface area contributed by atoms with E-state index in [1.54, 1.807) is 46.8 Å². The van der Waals surface area contributed by atoms with Crippen molar-refractivity contribution in [3.63, 3.8) is 0 Å². The monoisotopic (exact) mass is 567 g/mol. The van der Waals surface area contributed by atoms with Crippen LogP contribution in [0.4, 0.5) is 5.69 Å². The molecule has 184 valence electrons. The van der Waals surface area contributed by atoms with Crippen molar-refractivity contribution in [3.8, 4) is 5.75 Å². The van der Waals surface area contributed by atoms with Crippen LogP contribution in [0.2, 0.25) is 0 Å². The van der Waals surface area contributed by atoms with Crippen LogP contribution in [0.15, 0.2) is 51.8 Å². The van der Waals surface area contributed by atoms with E-state index in [-0.39, 0.29) is 15.9 Å². The fourth-order valence-corrected chi connectivity index (χ4v) is 5.68. The summed E-state index contributed by atoms with van der Waals surface area (Å²) in [6.07, 6.45) is 3.74. The number of ether oxygens (including phenoxy) is 1. The second kappa shape index (κ2) is 12.1. The maximum absolute atomic E-state index is 12.9. The quantitative estimate of drug-likeness (QED) is 0.337. The van der Waals surface area contributed by atoms with Gasteiger partial charge >= 0.3 is 0 Å². The molecule has 10 heteroatoms. The minimum atomic E-state index is -3.51. The van der Waals surface area contributed by atoms with E-state index in [0.29, 0.717) is 47.1 Å². The fraction of sp³-hybridized carbons (Fsp3) is 0.417. The van der Waals surface area contributed by atoms with Crippen LogP contribution in [-0.4, -0.2) is 43.4 Å². The average molecular weight is 569 g/mol. The molecule has 2 N–H and O–H groups in total. The van der Waals surface area contributed by atoms with E-state index < -0.39 is 10.0 Å². The van der Waals surface area contributed by atoms with Crippen LogP contribution in [0.1, 0.15) is 49.9 Å². The van der Waals surface area contributed by atoms with Crippen LogP contribution < -0.4 is 15.4 Å². The van der Waals surface area contributed by atoms with Gasteiger partial charge in [-0.05, 0) is 95.8 Å². The van der Waals surface area contributed by atoms with Gasteiger partial charge in [-0.25, -0.2) is 8.42 Å². The highest BCUT2D eigenvalue weighted by Gasteiger charge is 2.27. The molecule has 0 aliphatic carbocycles. The minimum Gasteiger partial charge on any atom is -0.492 e. The summed E-state index contributed by atoms with van der Waals surface area (Å²) in [6.45, 7) is 5.94. The minimum absolute atomic E-state index is 0.116. The topological polar surface area (TPSA) is 87.7 Å². The number of piperidine rings is 1. The van der Waals surface area contributed by atoms with Gasteiger partial charge in [0.25, 0.3) is 5.91 Å². The van der Waals surface area contributed by atoms with Gasteiger partial charge in [0.1, 0.15) is 5.75 Å². The Balaban J connectivity index is 1.56.